The number of rotatable bonds is 10. The molecule has 8 heteroatoms. The molecular weight excluding hydrogens is 454 g/mol. The zero-order chi connectivity index (χ0) is 24.6. The lowest BCUT2D eigenvalue weighted by Gasteiger charge is -2.29. The van der Waals surface area contributed by atoms with Crippen LogP contribution in [0.2, 0.25) is 0 Å². The fourth-order valence-corrected chi connectivity index (χ4v) is 5.44. The molecule has 1 amide bonds. The molecular formula is C26H31NO6S. The summed E-state index contributed by atoms with van der Waals surface area (Å²) in [5, 5.41) is 0. The van der Waals surface area contributed by atoms with Crippen LogP contribution in [-0.4, -0.2) is 55.9 Å². The van der Waals surface area contributed by atoms with Gasteiger partial charge in [0.2, 0.25) is 0 Å². The van der Waals surface area contributed by atoms with E-state index in [1.54, 1.807) is 11.0 Å². The number of amides is 1. The van der Waals surface area contributed by atoms with E-state index >= 15 is 0 Å². The van der Waals surface area contributed by atoms with Gasteiger partial charge in [-0.25, -0.2) is 13.2 Å². The maximum Gasteiger partial charge on any atom is 0.331 e. The van der Waals surface area contributed by atoms with E-state index in [1.807, 2.05) is 68.4 Å². The first-order chi connectivity index (χ1) is 16.2. The number of nitrogens with zero attached hydrogens (tertiary/aromatic N) is 1. The zero-order valence-electron chi connectivity index (χ0n) is 19.6. The van der Waals surface area contributed by atoms with Crippen molar-refractivity contribution in [3.63, 3.8) is 0 Å². The second-order valence-electron chi connectivity index (χ2n) is 8.78. The van der Waals surface area contributed by atoms with Crippen LogP contribution in [-0.2, 0) is 30.8 Å². The third-order valence-electron chi connectivity index (χ3n) is 5.41. The molecule has 0 bridgehead atoms. The third-order valence-corrected chi connectivity index (χ3v) is 7.16. The fraction of sp³-hybridized carbons (Fsp3) is 0.385. The average Bonchev–Trinajstić information content (AvgIpc) is 3.18. The molecule has 2 aromatic carbocycles. The molecule has 0 saturated carbocycles. The Bertz CT molecular complexity index is 1090. The summed E-state index contributed by atoms with van der Waals surface area (Å²) in [6.07, 6.45) is 3.28. The maximum absolute atomic E-state index is 12.7. The second kappa shape index (κ2) is 11.8. The van der Waals surface area contributed by atoms with Crippen molar-refractivity contribution in [3.05, 3.63) is 71.8 Å². The van der Waals surface area contributed by atoms with Crippen LogP contribution in [0, 0.1) is 5.92 Å². The standard InChI is InChI=1S/C26H31NO6S/c1-20(2)16-27(23-14-15-34(30,31)19-23)25(28)18-33-26(29)13-10-21-8-11-24(12-9-21)32-17-22-6-4-3-5-7-22/h3-13,20,23H,14-19H2,1-2H3/b13-10+. The summed E-state index contributed by atoms with van der Waals surface area (Å²) < 4.78 is 34.5. The van der Waals surface area contributed by atoms with E-state index in [1.165, 1.54) is 6.08 Å². The molecule has 0 spiro atoms. The Kier molecular flexibility index (Phi) is 8.87. The molecule has 1 heterocycles. The van der Waals surface area contributed by atoms with Gasteiger partial charge in [0.05, 0.1) is 11.5 Å². The first-order valence-electron chi connectivity index (χ1n) is 11.3. The van der Waals surface area contributed by atoms with Crippen molar-refractivity contribution in [2.75, 3.05) is 24.7 Å². The van der Waals surface area contributed by atoms with Crippen LogP contribution in [0.25, 0.3) is 6.08 Å². The van der Waals surface area contributed by atoms with Crippen molar-refractivity contribution in [2.45, 2.75) is 32.9 Å². The van der Waals surface area contributed by atoms with Gasteiger partial charge in [0.15, 0.2) is 16.4 Å². The second-order valence-corrected chi connectivity index (χ2v) is 11.0. The summed E-state index contributed by atoms with van der Waals surface area (Å²) in [5.74, 6) is -0.0858. The van der Waals surface area contributed by atoms with Gasteiger partial charge >= 0.3 is 5.97 Å². The summed E-state index contributed by atoms with van der Waals surface area (Å²) in [4.78, 5) is 26.3. The Hall–Kier alpha value is -3.13. The number of hydrogen-bond donors (Lipinski definition) is 0. The molecule has 3 rings (SSSR count). The van der Waals surface area contributed by atoms with Gasteiger partial charge in [-0.3, -0.25) is 4.79 Å². The van der Waals surface area contributed by atoms with Crippen LogP contribution in [0.4, 0.5) is 0 Å². The molecule has 1 unspecified atom stereocenters. The number of esters is 1. The fourth-order valence-electron chi connectivity index (χ4n) is 3.71. The van der Waals surface area contributed by atoms with Crippen molar-refractivity contribution in [1.82, 2.24) is 4.90 Å². The first kappa shape index (κ1) is 25.5. The van der Waals surface area contributed by atoms with Crippen molar-refractivity contribution >= 4 is 27.8 Å². The molecule has 182 valence electrons. The molecule has 1 atom stereocenters. The van der Waals surface area contributed by atoms with Crippen LogP contribution in [0.3, 0.4) is 0 Å². The molecule has 0 N–H and O–H groups in total. The summed E-state index contributed by atoms with van der Waals surface area (Å²) in [6, 6.07) is 16.8. The van der Waals surface area contributed by atoms with Crippen LogP contribution in [0.15, 0.2) is 60.7 Å². The molecule has 0 aliphatic carbocycles. The van der Waals surface area contributed by atoms with E-state index in [0.29, 0.717) is 25.3 Å². The lowest BCUT2D eigenvalue weighted by Crippen LogP contribution is -2.45. The summed E-state index contributed by atoms with van der Waals surface area (Å²) >= 11 is 0. The SMILES string of the molecule is CC(C)CN(C(=O)COC(=O)/C=C/c1ccc(OCc2ccccc2)cc1)C1CCS(=O)(=O)C1. The maximum atomic E-state index is 12.7. The highest BCUT2D eigenvalue weighted by molar-refractivity contribution is 7.91. The van der Waals surface area contributed by atoms with E-state index in [0.717, 1.165) is 11.1 Å². The van der Waals surface area contributed by atoms with Crippen molar-refractivity contribution in [2.24, 2.45) is 5.92 Å². The van der Waals surface area contributed by atoms with Crippen LogP contribution < -0.4 is 4.74 Å². The lowest BCUT2D eigenvalue weighted by molar-refractivity contribution is -0.149. The number of ether oxygens (including phenoxy) is 2. The molecule has 7 nitrogen and oxygen atoms in total. The Morgan fingerprint density at radius 2 is 1.79 bits per heavy atom. The normalized spacial score (nSPS) is 17.1. The number of hydrogen-bond acceptors (Lipinski definition) is 6. The molecule has 0 aromatic heterocycles. The molecule has 1 saturated heterocycles. The Balaban J connectivity index is 1.48. The van der Waals surface area contributed by atoms with E-state index < -0.39 is 22.4 Å². The van der Waals surface area contributed by atoms with E-state index in [2.05, 4.69) is 0 Å². The summed E-state index contributed by atoms with van der Waals surface area (Å²) in [7, 11) is -3.12. The topological polar surface area (TPSA) is 90.0 Å². The molecule has 0 radical (unpaired) electrons. The van der Waals surface area contributed by atoms with Gasteiger partial charge in [0.1, 0.15) is 12.4 Å². The van der Waals surface area contributed by atoms with Gasteiger partial charge < -0.3 is 14.4 Å². The molecule has 34 heavy (non-hydrogen) atoms. The summed E-state index contributed by atoms with van der Waals surface area (Å²) in [6.45, 7) is 4.38. The minimum absolute atomic E-state index is 0.0373. The highest BCUT2D eigenvalue weighted by atomic mass is 32.2. The predicted molar refractivity (Wildman–Crippen MR) is 131 cm³/mol. The molecule has 2 aromatic rings. The Morgan fingerprint density at radius 3 is 2.41 bits per heavy atom. The Labute approximate surface area is 201 Å². The van der Waals surface area contributed by atoms with Crippen LogP contribution >= 0.6 is 0 Å². The predicted octanol–water partition coefficient (Wildman–Crippen LogP) is 3.49. The minimum atomic E-state index is -3.12. The molecule has 1 aliphatic heterocycles. The quantitative estimate of drug-likeness (QED) is 0.378. The highest BCUT2D eigenvalue weighted by Crippen LogP contribution is 2.19. The van der Waals surface area contributed by atoms with Crippen molar-refractivity contribution < 1.29 is 27.5 Å². The van der Waals surface area contributed by atoms with Gasteiger partial charge in [-0.05, 0) is 41.7 Å². The van der Waals surface area contributed by atoms with Crippen molar-refractivity contribution in [3.8, 4) is 5.75 Å². The number of carbonyl (C=O) groups excluding carboxylic acids is 2. The van der Waals surface area contributed by atoms with Gasteiger partial charge in [0.25, 0.3) is 5.91 Å². The highest BCUT2D eigenvalue weighted by Gasteiger charge is 2.35. The first-order valence-corrected chi connectivity index (χ1v) is 13.2. The van der Waals surface area contributed by atoms with E-state index in [-0.39, 0.29) is 29.4 Å². The minimum Gasteiger partial charge on any atom is -0.489 e. The van der Waals surface area contributed by atoms with Gasteiger partial charge in [-0.2, -0.15) is 0 Å². The Morgan fingerprint density at radius 1 is 1.09 bits per heavy atom. The lowest BCUT2D eigenvalue weighted by atomic mass is 10.1. The van der Waals surface area contributed by atoms with Gasteiger partial charge in [-0.1, -0.05) is 56.3 Å². The average molecular weight is 486 g/mol. The van der Waals surface area contributed by atoms with E-state index in [4.69, 9.17) is 9.47 Å². The van der Waals surface area contributed by atoms with Gasteiger partial charge in [0, 0.05) is 18.7 Å². The number of carbonyl (C=O) groups is 2. The summed E-state index contributed by atoms with van der Waals surface area (Å²) in [5.41, 5.74) is 1.86. The largest absolute Gasteiger partial charge is 0.489 e. The number of benzene rings is 2. The van der Waals surface area contributed by atoms with Gasteiger partial charge in [-0.15, -0.1) is 0 Å². The zero-order valence-corrected chi connectivity index (χ0v) is 20.4. The smallest absolute Gasteiger partial charge is 0.331 e. The molecule has 1 fully saturated rings. The van der Waals surface area contributed by atoms with Crippen LogP contribution in [0.5, 0.6) is 5.75 Å². The van der Waals surface area contributed by atoms with E-state index in [9.17, 15) is 18.0 Å². The molecule has 1 aliphatic rings. The third kappa shape index (κ3) is 8.02. The van der Waals surface area contributed by atoms with Crippen molar-refractivity contribution in [1.29, 1.82) is 0 Å². The van der Waals surface area contributed by atoms with Crippen LogP contribution in [0.1, 0.15) is 31.4 Å². The monoisotopic (exact) mass is 485 g/mol. The number of sulfone groups is 1.